The zero-order chi connectivity index (χ0) is 14.9. The fourth-order valence-corrected chi connectivity index (χ4v) is 3.87. The smallest absolute Gasteiger partial charge is 0.229 e. The first-order valence-electron chi connectivity index (χ1n) is 7.64. The van der Waals surface area contributed by atoms with Crippen molar-refractivity contribution < 1.29 is 4.79 Å². The molecule has 2 aromatic rings. The standard InChI is InChI=1S/C16H18N4OS/c21-16(19-5-7-22-8-6-19)12-10-20(11-12)15-9-17-13-3-1-2-4-14(13)18-15/h1-4,9,12H,5-8,10-11H2. The molecule has 1 amide bonds. The van der Waals surface area contributed by atoms with Crippen molar-refractivity contribution in [2.45, 2.75) is 0 Å². The SMILES string of the molecule is O=C(C1CN(c2cnc3ccccc3n2)C1)N1CCSCC1. The Hall–Kier alpha value is -1.82. The lowest BCUT2D eigenvalue weighted by Crippen LogP contribution is -2.56. The Morgan fingerprint density at radius 2 is 1.86 bits per heavy atom. The van der Waals surface area contributed by atoms with Crippen molar-refractivity contribution in [3.8, 4) is 0 Å². The van der Waals surface area contributed by atoms with Crippen LogP contribution in [0.15, 0.2) is 30.5 Å². The third-order valence-corrected chi connectivity index (χ3v) is 5.26. The van der Waals surface area contributed by atoms with Crippen molar-refractivity contribution in [3.63, 3.8) is 0 Å². The maximum absolute atomic E-state index is 12.4. The molecule has 1 aromatic heterocycles. The molecule has 4 rings (SSSR count). The van der Waals surface area contributed by atoms with Gasteiger partial charge in [0.15, 0.2) is 0 Å². The highest BCUT2D eigenvalue weighted by molar-refractivity contribution is 7.99. The predicted molar refractivity (Wildman–Crippen MR) is 89.1 cm³/mol. The Balaban J connectivity index is 1.42. The van der Waals surface area contributed by atoms with Gasteiger partial charge in [0.25, 0.3) is 0 Å². The molecule has 2 saturated heterocycles. The van der Waals surface area contributed by atoms with Gasteiger partial charge in [0.05, 0.1) is 23.1 Å². The van der Waals surface area contributed by atoms with Gasteiger partial charge < -0.3 is 9.80 Å². The van der Waals surface area contributed by atoms with E-state index in [1.807, 2.05) is 40.9 Å². The largest absolute Gasteiger partial charge is 0.354 e. The summed E-state index contributed by atoms with van der Waals surface area (Å²) < 4.78 is 0. The molecule has 3 heterocycles. The minimum atomic E-state index is 0.122. The zero-order valence-corrected chi connectivity index (χ0v) is 13.1. The first kappa shape index (κ1) is 13.8. The van der Waals surface area contributed by atoms with Gasteiger partial charge in [-0.25, -0.2) is 4.98 Å². The molecular formula is C16H18N4OS. The third-order valence-electron chi connectivity index (χ3n) is 4.31. The molecule has 22 heavy (non-hydrogen) atoms. The number of benzene rings is 1. The third kappa shape index (κ3) is 2.52. The van der Waals surface area contributed by atoms with Crippen molar-refractivity contribution in [1.82, 2.24) is 14.9 Å². The Morgan fingerprint density at radius 3 is 2.64 bits per heavy atom. The fourth-order valence-electron chi connectivity index (χ4n) is 2.96. The number of fused-ring (bicyclic) bond motifs is 1. The summed E-state index contributed by atoms with van der Waals surface area (Å²) in [5.74, 6) is 3.44. The van der Waals surface area contributed by atoms with Crippen molar-refractivity contribution >= 4 is 34.5 Å². The fraction of sp³-hybridized carbons (Fsp3) is 0.438. The summed E-state index contributed by atoms with van der Waals surface area (Å²) in [5, 5.41) is 0. The molecule has 114 valence electrons. The molecule has 0 N–H and O–H groups in total. The van der Waals surface area contributed by atoms with Crippen LogP contribution in [0.2, 0.25) is 0 Å². The van der Waals surface area contributed by atoms with Crippen molar-refractivity contribution in [2.24, 2.45) is 5.92 Å². The molecule has 2 fully saturated rings. The summed E-state index contributed by atoms with van der Waals surface area (Å²) in [6.07, 6.45) is 1.81. The minimum absolute atomic E-state index is 0.122. The van der Waals surface area contributed by atoms with Crippen LogP contribution in [0.4, 0.5) is 5.82 Å². The van der Waals surface area contributed by atoms with E-state index in [2.05, 4.69) is 14.9 Å². The first-order valence-corrected chi connectivity index (χ1v) is 8.80. The molecule has 0 aliphatic carbocycles. The predicted octanol–water partition coefficient (Wildman–Crippen LogP) is 1.64. The highest BCUT2D eigenvalue weighted by atomic mass is 32.2. The molecule has 2 aliphatic rings. The van der Waals surface area contributed by atoms with E-state index in [0.717, 1.165) is 54.5 Å². The second-order valence-electron chi connectivity index (χ2n) is 5.76. The van der Waals surface area contributed by atoms with E-state index in [9.17, 15) is 4.79 Å². The quantitative estimate of drug-likeness (QED) is 0.843. The molecule has 0 unspecified atom stereocenters. The number of hydrogen-bond acceptors (Lipinski definition) is 5. The van der Waals surface area contributed by atoms with Crippen molar-refractivity contribution in [1.29, 1.82) is 0 Å². The van der Waals surface area contributed by atoms with E-state index in [1.165, 1.54) is 0 Å². The molecule has 2 aliphatic heterocycles. The van der Waals surface area contributed by atoms with E-state index in [1.54, 1.807) is 6.20 Å². The maximum atomic E-state index is 12.4. The number of anilines is 1. The van der Waals surface area contributed by atoms with Crippen LogP contribution in [0.5, 0.6) is 0 Å². The Bertz CT molecular complexity index is 695. The normalized spacial score (nSPS) is 19.3. The van der Waals surface area contributed by atoms with Crippen LogP contribution in [0.1, 0.15) is 0 Å². The minimum Gasteiger partial charge on any atom is -0.354 e. The van der Waals surface area contributed by atoms with E-state index in [0.29, 0.717) is 5.91 Å². The molecule has 0 saturated carbocycles. The van der Waals surface area contributed by atoms with Gasteiger partial charge >= 0.3 is 0 Å². The van der Waals surface area contributed by atoms with Crippen LogP contribution < -0.4 is 4.90 Å². The molecule has 0 spiro atoms. The summed E-state index contributed by atoms with van der Waals surface area (Å²) in [6, 6.07) is 7.87. The zero-order valence-electron chi connectivity index (χ0n) is 12.3. The summed E-state index contributed by atoms with van der Waals surface area (Å²) >= 11 is 1.93. The highest BCUT2D eigenvalue weighted by Crippen LogP contribution is 2.26. The number of aromatic nitrogens is 2. The number of thioether (sulfide) groups is 1. The van der Waals surface area contributed by atoms with Crippen molar-refractivity contribution in [3.05, 3.63) is 30.5 Å². The summed E-state index contributed by atoms with van der Waals surface area (Å²) in [7, 11) is 0. The number of carbonyl (C=O) groups is 1. The van der Waals surface area contributed by atoms with Gasteiger partial charge in [0.2, 0.25) is 5.91 Å². The molecule has 5 nitrogen and oxygen atoms in total. The van der Waals surface area contributed by atoms with Crippen LogP contribution in [0, 0.1) is 5.92 Å². The number of rotatable bonds is 2. The molecule has 1 aromatic carbocycles. The monoisotopic (exact) mass is 314 g/mol. The molecular weight excluding hydrogens is 296 g/mol. The van der Waals surface area contributed by atoms with Gasteiger partial charge in [-0.1, -0.05) is 12.1 Å². The number of nitrogens with zero attached hydrogens (tertiary/aromatic N) is 4. The molecule has 0 radical (unpaired) electrons. The Morgan fingerprint density at radius 1 is 1.14 bits per heavy atom. The average Bonchev–Trinajstić information content (AvgIpc) is 2.54. The lowest BCUT2D eigenvalue weighted by molar-refractivity contribution is -0.135. The van der Waals surface area contributed by atoms with Crippen LogP contribution in [0.3, 0.4) is 0 Å². The number of amides is 1. The lowest BCUT2D eigenvalue weighted by Gasteiger charge is -2.41. The second-order valence-corrected chi connectivity index (χ2v) is 6.98. The van der Waals surface area contributed by atoms with Gasteiger partial charge in [-0.15, -0.1) is 0 Å². The molecule has 6 heteroatoms. The number of carbonyl (C=O) groups excluding carboxylic acids is 1. The summed E-state index contributed by atoms with van der Waals surface area (Å²) in [5.41, 5.74) is 1.81. The van der Waals surface area contributed by atoms with Gasteiger partial charge in [-0.2, -0.15) is 11.8 Å². The van der Waals surface area contributed by atoms with Crippen LogP contribution >= 0.6 is 11.8 Å². The Kier molecular flexibility index (Phi) is 3.62. The number of hydrogen-bond donors (Lipinski definition) is 0. The van der Waals surface area contributed by atoms with Gasteiger partial charge in [0, 0.05) is 37.7 Å². The topological polar surface area (TPSA) is 49.3 Å². The van der Waals surface area contributed by atoms with E-state index >= 15 is 0 Å². The van der Waals surface area contributed by atoms with Crippen molar-refractivity contribution in [2.75, 3.05) is 42.6 Å². The van der Waals surface area contributed by atoms with E-state index in [-0.39, 0.29) is 5.92 Å². The lowest BCUT2D eigenvalue weighted by atomic mass is 9.98. The van der Waals surface area contributed by atoms with Gasteiger partial charge in [-0.3, -0.25) is 9.78 Å². The van der Waals surface area contributed by atoms with E-state index < -0.39 is 0 Å². The first-order chi connectivity index (χ1) is 10.8. The van der Waals surface area contributed by atoms with Gasteiger partial charge in [-0.05, 0) is 12.1 Å². The van der Waals surface area contributed by atoms with Gasteiger partial charge in [0.1, 0.15) is 5.82 Å². The summed E-state index contributed by atoms with van der Waals surface area (Å²) in [6.45, 7) is 3.32. The van der Waals surface area contributed by atoms with Crippen LogP contribution in [-0.2, 0) is 4.79 Å². The Labute approximate surface area is 133 Å². The van der Waals surface area contributed by atoms with Crippen LogP contribution in [0.25, 0.3) is 11.0 Å². The second kappa shape index (κ2) is 5.76. The molecule has 0 bridgehead atoms. The highest BCUT2D eigenvalue weighted by Gasteiger charge is 2.36. The maximum Gasteiger partial charge on any atom is 0.229 e. The summed E-state index contributed by atoms with van der Waals surface area (Å²) in [4.78, 5) is 25.7. The molecule has 0 atom stereocenters. The average molecular weight is 314 g/mol. The number of para-hydroxylation sites is 2. The van der Waals surface area contributed by atoms with Crippen LogP contribution in [-0.4, -0.2) is 58.5 Å². The van der Waals surface area contributed by atoms with E-state index in [4.69, 9.17) is 0 Å².